The van der Waals surface area contributed by atoms with Crippen LogP contribution in [0.4, 0.5) is 0 Å². The first-order chi connectivity index (χ1) is 12.1. The highest BCUT2D eigenvalue weighted by Crippen LogP contribution is 2.30. The third kappa shape index (κ3) is 2.90. The van der Waals surface area contributed by atoms with Crippen LogP contribution in [0, 0.1) is 12.8 Å². The summed E-state index contributed by atoms with van der Waals surface area (Å²) >= 11 is 1.37. The second-order valence-electron chi connectivity index (χ2n) is 7.52. The number of nitrogens with zero attached hydrogens (tertiary/aromatic N) is 2. The molecule has 2 aliphatic rings. The van der Waals surface area contributed by atoms with Gasteiger partial charge in [0, 0.05) is 19.0 Å². The van der Waals surface area contributed by atoms with E-state index in [2.05, 4.69) is 12.2 Å². The van der Waals surface area contributed by atoms with Crippen LogP contribution in [0.25, 0.3) is 10.2 Å². The minimum atomic E-state index is -0.0402. The van der Waals surface area contributed by atoms with Crippen molar-refractivity contribution in [2.45, 2.75) is 71.4 Å². The molecule has 5 nitrogen and oxygen atoms in total. The maximum absolute atomic E-state index is 12.9. The van der Waals surface area contributed by atoms with Crippen molar-refractivity contribution in [3.63, 3.8) is 0 Å². The van der Waals surface area contributed by atoms with E-state index in [1.54, 1.807) is 4.57 Å². The summed E-state index contributed by atoms with van der Waals surface area (Å²) in [5.41, 5.74) is 0.817. The van der Waals surface area contributed by atoms with Gasteiger partial charge in [-0.05, 0) is 44.1 Å². The molecule has 2 aromatic heterocycles. The molecule has 1 amide bonds. The number of carbonyl (C=O) groups excluding carboxylic acids is 1. The maximum atomic E-state index is 12.9. The molecule has 1 N–H and O–H groups in total. The van der Waals surface area contributed by atoms with Gasteiger partial charge in [0.25, 0.3) is 11.5 Å². The molecule has 0 unspecified atom stereocenters. The number of hydrogen-bond acceptors (Lipinski definition) is 4. The first kappa shape index (κ1) is 16.8. The van der Waals surface area contributed by atoms with Crippen LogP contribution in [0.1, 0.15) is 66.5 Å². The van der Waals surface area contributed by atoms with E-state index in [4.69, 9.17) is 4.98 Å². The van der Waals surface area contributed by atoms with Crippen molar-refractivity contribution in [1.82, 2.24) is 14.9 Å². The summed E-state index contributed by atoms with van der Waals surface area (Å²) in [7, 11) is 0. The number of hydrogen-bond donors (Lipinski definition) is 1. The van der Waals surface area contributed by atoms with Crippen LogP contribution in [0.15, 0.2) is 4.79 Å². The number of fused-ring (bicyclic) bond motifs is 2. The lowest BCUT2D eigenvalue weighted by atomic mass is 9.86. The molecular formula is C19H25N3O2S. The molecule has 0 saturated heterocycles. The average Bonchev–Trinajstić information content (AvgIpc) is 2.94. The highest BCUT2D eigenvalue weighted by Gasteiger charge is 2.27. The van der Waals surface area contributed by atoms with Gasteiger partial charge in [0.05, 0.1) is 10.3 Å². The number of aromatic nitrogens is 2. The lowest BCUT2D eigenvalue weighted by Crippen LogP contribution is -2.41. The minimum absolute atomic E-state index is 0.0264. The van der Waals surface area contributed by atoms with Gasteiger partial charge in [-0.25, -0.2) is 4.98 Å². The summed E-state index contributed by atoms with van der Waals surface area (Å²) in [6.07, 6.45) is 7.60. The van der Waals surface area contributed by atoms with Gasteiger partial charge >= 0.3 is 0 Å². The summed E-state index contributed by atoms with van der Waals surface area (Å²) in [4.78, 5) is 31.8. The molecule has 6 heteroatoms. The van der Waals surface area contributed by atoms with Gasteiger partial charge in [-0.1, -0.05) is 19.8 Å². The van der Waals surface area contributed by atoms with Crippen LogP contribution in [0.2, 0.25) is 0 Å². The Kier molecular flexibility index (Phi) is 4.40. The summed E-state index contributed by atoms with van der Waals surface area (Å²) in [6.45, 7) is 4.84. The fourth-order valence-electron chi connectivity index (χ4n) is 4.21. The lowest BCUT2D eigenvalue weighted by molar-refractivity contribution is 0.0914. The zero-order valence-electron chi connectivity index (χ0n) is 14.9. The summed E-state index contributed by atoms with van der Waals surface area (Å²) in [5.74, 6) is 1.35. The topological polar surface area (TPSA) is 64.0 Å². The molecule has 1 aliphatic heterocycles. The van der Waals surface area contributed by atoms with E-state index in [1.807, 2.05) is 6.92 Å². The predicted molar refractivity (Wildman–Crippen MR) is 100 cm³/mol. The summed E-state index contributed by atoms with van der Waals surface area (Å²) in [5, 5.41) is 3.85. The van der Waals surface area contributed by atoms with E-state index < -0.39 is 0 Å². The Balaban J connectivity index is 1.70. The summed E-state index contributed by atoms with van der Waals surface area (Å²) < 4.78 is 1.80. The third-order valence-corrected chi connectivity index (χ3v) is 6.98. The molecule has 0 bridgehead atoms. The van der Waals surface area contributed by atoms with Gasteiger partial charge in [-0.2, -0.15) is 0 Å². The Morgan fingerprint density at radius 3 is 2.84 bits per heavy atom. The van der Waals surface area contributed by atoms with E-state index in [0.717, 1.165) is 48.4 Å². The monoisotopic (exact) mass is 359 g/mol. The van der Waals surface area contributed by atoms with Gasteiger partial charge in [0.2, 0.25) is 0 Å². The van der Waals surface area contributed by atoms with E-state index in [-0.39, 0.29) is 17.5 Å². The maximum Gasteiger partial charge on any atom is 0.262 e. The zero-order chi connectivity index (χ0) is 17.6. The second-order valence-corrected chi connectivity index (χ2v) is 8.52. The van der Waals surface area contributed by atoms with Crippen molar-refractivity contribution in [3.05, 3.63) is 26.6 Å². The van der Waals surface area contributed by atoms with Gasteiger partial charge in [0.1, 0.15) is 10.7 Å². The Bertz CT molecular complexity index is 883. The SMILES string of the molecule is Cc1c(C(=O)N[C@@H]2CCCC[C@H]2C)sc2nc3n(c(=O)c12)CCCC3. The zero-order valence-corrected chi connectivity index (χ0v) is 15.7. The van der Waals surface area contributed by atoms with Gasteiger partial charge in [0.15, 0.2) is 0 Å². The molecule has 1 aliphatic carbocycles. The largest absolute Gasteiger partial charge is 0.348 e. The predicted octanol–water partition coefficient (Wildman–Crippen LogP) is 3.41. The fraction of sp³-hybridized carbons (Fsp3) is 0.632. The summed E-state index contributed by atoms with van der Waals surface area (Å²) in [6, 6.07) is 0.244. The molecular weight excluding hydrogens is 334 g/mol. The van der Waals surface area contributed by atoms with E-state index in [1.165, 1.54) is 30.6 Å². The van der Waals surface area contributed by atoms with Crippen molar-refractivity contribution in [2.24, 2.45) is 5.92 Å². The first-order valence-corrected chi connectivity index (χ1v) is 10.2. The fourth-order valence-corrected chi connectivity index (χ4v) is 5.31. The van der Waals surface area contributed by atoms with Crippen LogP contribution in [0.3, 0.4) is 0 Å². The van der Waals surface area contributed by atoms with E-state index in [9.17, 15) is 9.59 Å². The van der Waals surface area contributed by atoms with Crippen molar-refractivity contribution in [2.75, 3.05) is 0 Å². The number of amides is 1. The quantitative estimate of drug-likeness (QED) is 0.894. The Morgan fingerprint density at radius 1 is 1.24 bits per heavy atom. The molecule has 25 heavy (non-hydrogen) atoms. The van der Waals surface area contributed by atoms with Crippen LogP contribution < -0.4 is 10.9 Å². The Labute approximate surface area is 151 Å². The minimum Gasteiger partial charge on any atom is -0.348 e. The van der Waals surface area contributed by atoms with Crippen molar-refractivity contribution in [3.8, 4) is 0 Å². The number of rotatable bonds is 2. The van der Waals surface area contributed by atoms with Gasteiger partial charge in [-0.3, -0.25) is 14.2 Å². The number of carbonyl (C=O) groups is 1. The molecule has 2 atom stereocenters. The Morgan fingerprint density at radius 2 is 2.04 bits per heavy atom. The third-order valence-electron chi connectivity index (χ3n) is 5.80. The highest BCUT2D eigenvalue weighted by molar-refractivity contribution is 7.20. The standard InChI is InChI=1S/C19H25N3O2S/c1-11-7-3-4-8-13(11)20-17(23)16-12(2)15-18(25-16)21-14-9-5-6-10-22(14)19(15)24/h11,13H,3-10H2,1-2H3,(H,20,23)/t11-,13-/m1/s1. The first-order valence-electron chi connectivity index (χ1n) is 9.40. The van der Waals surface area contributed by atoms with Crippen LogP contribution >= 0.6 is 11.3 Å². The molecule has 134 valence electrons. The molecule has 2 aromatic rings. The highest BCUT2D eigenvalue weighted by atomic mass is 32.1. The van der Waals surface area contributed by atoms with Crippen molar-refractivity contribution in [1.29, 1.82) is 0 Å². The van der Waals surface area contributed by atoms with E-state index >= 15 is 0 Å². The average molecular weight is 359 g/mol. The van der Waals surface area contributed by atoms with Gasteiger partial charge in [-0.15, -0.1) is 11.3 Å². The van der Waals surface area contributed by atoms with Crippen molar-refractivity contribution < 1.29 is 4.79 Å². The molecule has 3 heterocycles. The van der Waals surface area contributed by atoms with Crippen molar-refractivity contribution >= 4 is 27.5 Å². The lowest BCUT2D eigenvalue weighted by Gasteiger charge is -2.29. The van der Waals surface area contributed by atoms with E-state index in [0.29, 0.717) is 16.2 Å². The normalized spacial score (nSPS) is 23.4. The second kappa shape index (κ2) is 6.56. The molecule has 1 saturated carbocycles. The number of nitrogens with one attached hydrogen (secondary N) is 1. The van der Waals surface area contributed by atoms with Crippen LogP contribution in [0.5, 0.6) is 0 Å². The van der Waals surface area contributed by atoms with Gasteiger partial charge < -0.3 is 5.32 Å². The molecule has 4 rings (SSSR count). The molecule has 0 aromatic carbocycles. The van der Waals surface area contributed by atoms with Crippen LogP contribution in [-0.2, 0) is 13.0 Å². The van der Waals surface area contributed by atoms with Crippen LogP contribution in [-0.4, -0.2) is 21.5 Å². The molecule has 0 radical (unpaired) electrons. The smallest absolute Gasteiger partial charge is 0.262 e. The molecule has 0 spiro atoms. The number of aryl methyl sites for hydroxylation is 2. The Hall–Kier alpha value is -1.69. The number of thiophene rings is 1. The molecule has 1 fully saturated rings.